The number of thioether (sulfide) groups is 1. The van der Waals surface area contributed by atoms with Crippen molar-refractivity contribution < 1.29 is 4.42 Å². The van der Waals surface area contributed by atoms with Crippen LogP contribution < -0.4 is 5.73 Å². The molecular formula is C15H12BrN3OS. The highest BCUT2D eigenvalue weighted by molar-refractivity contribution is 9.10. The standard InChI is InChI=1S/C15H12BrN3OS/c16-13-4-2-1-3-12(13)15-19-18-14(20-15)9-21-11-7-5-10(17)6-8-11/h1-8H,9,17H2. The molecule has 6 heteroatoms. The molecular weight excluding hydrogens is 350 g/mol. The molecule has 3 aromatic rings. The molecule has 2 aromatic carbocycles. The summed E-state index contributed by atoms with van der Waals surface area (Å²) in [5.41, 5.74) is 7.32. The Morgan fingerprint density at radius 1 is 1.05 bits per heavy atom. The molecule has 0 aliphatic heterocycles. The van der Waals surface area contributed by atoms with E-state index in [0.29, 0.717) is 17.5 Å². The largest absolute Gasteiger partial charge is 0.420 e. The molecule has 2 N–H and O–H groups in total. The summed E-state index contributed by atoms with van der Waals surface area (Å²) < 4.78 is 6.63. The normalized spacial score (nSPS) is 10.7. The third kappa shape index (κ3) is 3.46. The molecule has 106 valence electrons. The summed E-state index contributed by atoms with van der Waals surface area (Å²) in [5.74, 6) is 1.75. The Morgan fingerprint density at radius 3 is 2.57 bits per heavy atom. The second-order valence-corrected chi connectivity index (χ2v) is 6.24. The molecule has 4 nitrogen and oxygen atoms in total. The van der Waals surface area contributed by atoms with Crippen LogP contribution in [0.15, 0.2) is 62.3 Å². The highest BCUT2D eigenvalue weighted by Crippen LogP contribution is 2.28. The number of nitrogen functional groups attached to an aromatic ring is 1. The van der Waals surface area contributed by atoms with Crippen LogP contribution in [0.2, 0.25) is 0 Å². The number of nitrogens with two attached hydrogens (primary N) is 1. The number of benzene rings is 2. The molecule has 0 saturated heterocycles. The summed E-state index contributed by atoms with van der Waals surface area (Å²) >= 11 is 5.11. The first-order valence-corrected chi connectivity index (χ1v) is 8.06. The molecule has 0 spiro atoms. The summed E-state index contributed by atoms with van der Waals surface area (Å²) in [7, 11) is 0. The minimum Gasteiger partial charge on any atom is -0.420 e. The number of hydrogen-bond donors (Lipinski definition) is 1. The number of hydrogen-bond acceptors (Lipinski definition) is 5. The zero-order valence-electron chi connectivity index (χ0n) is 11.0. The van der Waals surface area contributed by atoms with E-state index in [1.165, 1.54) is 0 Å². The topological polar surface area (TPSA) is 64.9 Å². The van der Waals surface area contributed by atoms with Gasteiger partial charge in [-0.25, -0.2) is 0 Å². The molecule has 0 amide bonds. The molecule has 0 unspecified atom stereocenters. The lowest BCUT2D eigenvalue weighted by atomic mass is 10.2. The highest BCUT2D eigenvalue weighted by atomic mass is 79.9. The monoisotopic (exact) mass is 361 g/mol. The smallest absolute Gasteiger partial charge is 0.248 e. The molecule has 3 rings (SSSR count). The van der Waals surface area contributed by atoms with Gasteiger partial charge in [0, 0.05) is 15.1 Å². The quantitative estimate of drug-likeness (QED) is 0.551. The number of aromatic nitrogens is 2. The molecule has 0 aliphatic rings. The molecule has 1 heterocycles. The van der Waals surface area contributed by atoms with E-state index >= 15 is 0 Å². The summed E-state index contributed by atoms with van der Waals surface area (Å²) in [6.07, 6.45) is 0. The zero-order valence-corrected chi connectivity index (χ0v) is 13.4. The number of anilines is 1. The van der Waals surface area contributed by atoms with Gasteiger partial charge in [-0.2, -0.15) is 0 Å². The lowest BCUT2D eigenvalue weighted by molar-refractivity contribution is 0.528. The first-order valence-electron chi connectivity index (χ1n) is 6.28. The summed E-state index contributed by atoms with van der Waals surface area (Å²) in [6.45, 7) is 0. The molecule has 0 atom stereocenters. The maximum Gasteiger partial charge on any atom is 0.248 e. The van der Waals surface area contributed by atoms with Crippen LogP contribution in [-0.4, -0.2) is 10.2 Å². The first-order chi connectivity index (χ1) is 10.2. The van der Waals surface area contributed by atoms with Crippen LogP contribution in [0, 0.1) is 0 Å². The van der Waals surface area contributed by atoms with E-state index in [0.717, 1.165) is 20.6 Å². The van der Waals surface area contributed by atoms with Crippen molar-refractivity contribution in [2.45, 2.75) is 10.6 Å². The van der Waals surface area contributed by atoms with Gasteiger partial charge >= 0.3 is 0 Å². The van der Waals surface area contributed by atoms with Gasteiger partial charge in [0.2, 0.25) is 11.8 Å². The Balaban J connectivity index is 1.71. The fourth-order valence-electron chi connectivity index (χ4n) is 1.76. The van der Waals surface area contributed by atoms with E-state index in [9.17, 15) is 0 Å². The Kier molecular flexibility index (Phi) is 4.26. The minimum absolute atomic E-state index is 0.524. The molecule has 21 heavy (non-hydrogen) atoms. The van der Waals surface area contributed by atoms with Gasteiger partial charge in [-0.1, -0.05) is 12.1 Å². The molecule has 0 saturated carbocycles. The van der Waals surface area contributed by atoms with E-state index in [4.69, 9.17) is 10.2 Å². The van der Waals surface area contributed by atoms with Gasteiger partial charge in [-0.3, -0.25) is 0 Å². The third-order valence-corrected chi connectivity index (χ3v) is 4.50. The van der Waals surface area contributed by atoms with E-state index < -0.39 is 0 Å². The Bertz CT molecular complexity index is 743. The Morgan fingerprint density at radius 2 is 1.81 bits per heavy atom. The van der Waals surface area contributed by atoms with Crippen molar-refractivity contribution in [2.24, 2.45) is 0 Å². The second-order valence-electron chi connectivity index (χ2n) is 4.34. The van der Waals surface area contributed by atoms with Crippen molar-refractivity contribution in [3.63, 3.8) is 0 Å². The summed E-state index contributed by atoms with van der Waals surface area (Å²) in [4.78, 5) is 1.12. The third-order valence-electron chi connectivity index (χ3n) is 2.81. The minimum atomic E-state index is 0.524. The van der Waals surface area contributed by atoms with Crippen molar-refractivity contribution in [3.8, 4) is 11.5 Å². The van der Waals surface area contributed by atoms with Gasteiger partial charge in [0.25, 0.3) is 0 Å². The van der Waals surface area contributed by atoms with Crippen molar-refractivity contribution in [1.82, 2.24) is 10.2 Å². The number of rotatable bonds is 4. The Hall–Kier alpha value is -1.79. The maximum atomic E-state index is 5.70. The molecule has 0 bridgehead atoms. The van der Waals surface area contributed by atoms with E-state index in [1.807, 2.05) is 48.5 Å². The fourth-order valence-corrected chi connectivity index (χ4v) is 2.95. The molecule has 1 aromatic heterocycles. The number of halogens is 1. The van der Waals surface area contributed by atoms with Gasteiger partial charge in [0.1, 0.15) is 0 Å². The zero-order chi connectivity index (χ0) is 14.7. The van der Waals surface area contributed by atoms with Crippen molar-refractivity contribution in [2.75, 3.05) is 5.73 Å². The van der Waals surface area contributed by atoms with Crippen LogP contribution in [0.5, 0.6) is 0 Å². The van der Waals surface area contributed by atoms with Gasteiger partial charge in [0.15, 0.2) is 0 Å². The number of nitrogens with zero attached hydrogens (tertiary/aromatic N) is 2. The van der Waals surface area contributed by atoms with Crippen LogP contribution in [0.3, 0.4) is 0 Å². The summed E-state index contributed by atoms with van der Waals surface area (Å²) in [5, 5.41) is 8.18. The first kappa shape index (κ1) is 14.2. The maximum absolute atomic E-state index is 5.70. The average Bonchev–Trinajstić information content (AvgIpc) is 2.96. The van der Waals surface area contributed by atoms with E-state index in [2.05, 4.69) is 26.1 Å². The van der Waals surface area contributed by atoms with Crippen LogP contribution in [0.25, 0.3) is 11.5 Å². The van der Waals surface area contributed by atoms with Crippen molar-refractivity contribution >= 4 is 33.4 Å². The lowest BCUT2D eigenvalue weighted by Crippen LogP contribution is -1.84. The average molecular weight is 362 g/mol. The van der Waals surface area contributed by atoms with Gasteiger partial charge in [-0.15, -0.1) is 22.0 Å². The predicted octanol–water partition coefficient (Wildman–Crippen LogP) is 4.37. The van der Waals surface area contributed by atoms with Gasteiger partial charge in [-0.05, 0) is 52.3 Å². The van der Waals surface area contributed by atoms with Crippen molar-refractivity contribution in [3.05, 3.63) is 58.9 Å². The van der Waals surface area contributed by atoms with Gasteiger partial charge < -0.3 is 10.2 Å². The highest BCUT2D eigenvalue weighted by Gasteiger charge is 2.11. The lowest BCUT2D eigenvalue weighted by Gasteiger charge is -1.99. The van der Waals surface area contributed by atoms with Crippen LogP contribution in [-0.2, 0) is 5.75 Å². The molecule has 0 fully saturated rings. The van der Waals surface area contributed by atoms with Gasteiger partial charge in [0.05, 0.1) is 11.3 Å². The van der Waals surface area contributed by atoms with E-state index in [1.54, 1.807) is 11.8 Å². The Labute approximate surface area is 134 Å². The summed E-state index contributed by atoms with van der Waals surface area (Å²) in [6, 6.07) is 15.5. The van der Waals surface area contributed by atoms with Crippen LogP contribution in [0.4, 0.5) is 5.69 Å². The predicted molar refractivity (Wildman–Crippen MR) is 87.8 cm³/mol. The second kappa shape index (κ2) is 6.32. The SMILES string of the molecule is Nc1ccc(SCc2nnc(-c3ccccc3Br)o2)cc1. The fraction of sp³-hybridized carbons (Fsp3) is 0.0667. The van der Waals surface area contributed by atoms with Crippen molar-refractivity contribution in [1.29, 1.82) is 0 Å². The van der Waals surface area contributed by atoms with E-state index in [-0.39, 0.29) is 0 Å². The molecule has 0 radical (unpaired) electrons. The van der Waals surface area contributed by atoms with Crippen LogP contribution in [0.1, 0.15) is 5.89 Å². The van der Waals surface area contributed by atoms with Crippen LogP contribution >= 0.6 is 27.7 Å². The molecule has 0 aliphatic carbocycles.